The molecule has 0 atom stereocenters. The van der Waals surface area contributed by atoms with Gasteiger partial charge in [-0.05, 0) is 6.92 Å². The molecule has 2 aromatic rings. The lowest BCUT2D eigenvalue weighted by Crippen LogP contribution is -2.25. The largest absolute Gasteiger partial charge is 0.312 e. The van der Waals surface area contributed by atoms with Gasteiger partial charge in [-0.15, -0.1) is 12.4 Å². The normalized spacial score (nSPS) is 13.5. The Morgan fingerprint density at radius 1 is 1.37 bits per heavy atom. The van der Waals surface area contributed by atoms with Gasteiger partial charge in [0.2, 0.25) is 0 Å². The molecule has 1 aliphatic rings. The SMILES string of the molecule is Cc1cc(NC(=O)c2n[nH]c3c2CNCC3)n[nH]1.Cl. The minimum absolute atomic E-state index is 0. The van der Waals surface area contributed by atoms with Gasteiger partial charge in [-0.25, -0.2) is 0 Å². The van der Waals surface area contributed by atoms with Gasteiger partial charge in [0.15, 0.2) is 11.5 Å². The predicted octanol–water partition coefficient (Wildman–Crippen LogP) is 0.761. The lowest BCUT2D eigenvalue weighted by Gasteiger charge is -2.12. The molecule has 8 heteroatoms. The molecule has 3 heterocycles. The number of nitrogens with zero attached hydrogens (tertiary/aromatic N) is 2. The van der Waals surface area contributed by atoms with Crippen LogP contribution in [-0.4, -0.2) is 32.8 Å². The van der Waals surface area contributed by atoms with E-state index in [0.29, 0.717) is 18.1 Å². The Kier molecular flexibility index (Phi) is 3.87. The molecule has 0 unspecified atom stereocenters. The number of hydrogen-bond acceptors (Lipinski definition) is 4. The van der Waals surface area contributed by atoms with Crippen LogP contribution in [0.1, 0.15) is 27.4 Å². The Morgan fingerprint density at radius 2 is 2.21 bits per heavy atom. The van der Waals surface area contributed by atoms with Gasteiger partial charge in [0.05, 0.1) is 0 Å². The molecule has 19 heavy (non-hydrogen) atoms. The van der Waals surface area contributed by atoms with Crippen LogP contribution in [0.25, 0.3) is 0 Å². The first-order valence-electron chi connectivity index (χ1n) is 5.84. The van der Waals surface area contributed by atoms with Crippen LogP contribution in [0.3, 0.4) is 0 Å². The van der Waals surface area contributed by atoms with Gasteiger partial charge in [0.25, 0.3) is 5.91 Å². The maximum Gasteiger partial charge on any atom is 0.277 e. The third-order valence-corrected chi connectivity index (χ3v) is 2.97. The van der Waals surface area contributed by atoms with Crippen molar-refractivity contribution in [3.05, 3.63) is 28.7 Å². The number of aromatic amines is 2. The van der Waals surface area contributed by atoms with E-state index < -0.39 is 0 Å². The fourth-order valence-electron chi connectivity index (χ4n) is 2.07. The average molecular weight is 283 g/mol. The van der Waals surface area contributed by atoms with E-state index >= 15 is 0 Å². The molecular formula is C11H15ClN6O. The van der Waals surface area contributed by atoms with E-state index in [4.69, 9.17) is 0 Å². The van der Waals surface area contributed by atoms with Crippen molar-refractivity contribution in [3.8, 4) is 0 Å². The predicted molar refractivity (Wildman–Crippen MR) is 72.5 cm³/mol. The van der Waals surface area contributed by atoms with Gasteiger partial charge in [-0.2, -0.15) is 10.2 Å². The molecule has 0 radical (unpaired) electrons. The van der Waals surface area contributed by atoms with Crippen molar-refractivity contribution >= 4 is 24.1 Å². The number of H-pyrrole nitrogens is 2. The zero-order valence-corrected chi connectivity index (χ0v) is 11.2. The summed E-state index contributed by atoms with van der Waals surface area (Å²) in [4.78, 5) is 12.1. The molecule has 0 spiro atoms. The Labute approximate surface area is 116 Å². The molecule has 7 nitrogen and oxygen atoms in total. The molecule has 0 saturated carbocycles. The molecule has 102 valence electrons. The van der Waals surface area contributed by atoms with Crippen LogP contribution < -0.4 is 10.6 Å². The lowest BCUT2D eigenvalue weighted by molar-refractivity contribution is 0.102. The molecule has 0 bridgehead atoms. The highest BCUT2D eigenvalue weighted by Gasteiger charge is 2.21. The van der Waals surface area contributed by atoms with Crippen LogP contribution in [-0.2, 0) is 13.0 Å². The third-order valence-electron chi connectivity index (χ3n) is 2.97. The molecule has 0 aliphatic carbocycles. The van der Waals surface area contributed by atoms with E-state index in [1.54, 1.807) is 6.07 Å². The summed E-state index contributed by atoms with van der Waals surface area (Å²) in [6, 6.07) is 1.77. The highest BCUT2D eigenvalue weighted by atomic mass is 35.5. The summed E-state index contributed by atoms with van der Waals surface area (Å²) in [6.07, 6.45) is 0.872. The van der Waals surface area contributed by atoms with E-state index in [0.717, 1.165) is 29.9 Å². The minimum atomic E-state index is -0.234. The van der Waals surface area contributed by atoms with Gasteiger partial charge in [-0.1, -0.05) is 0 Å². The Balaban J connectivity index is 0.00000133. The summed E-state index contributed by atoms with van der Waals surface area (Å²) in [5.41, 5.74) is 3.33. The number of nitrogens with one attached hydrogen (secondary N) is 4. The maximum absolute atomic E-state index is 12.1. The van der Waals surface area contributed by atoms with E-state index in [9.17, 15) is 4.79 Å². The molecular weight excluding hydrogens is 268 g/mol. The lowest BCUT2D eigenvalue weighted by atomic mass is 10.1. The average Bonchev–Trinajstić information content (AvgIpc) is 2.95. The molecule has 1 amide bonds. The number of carbonyl (C=O) groups excluding carboxylic acids is 1. The third kappa shape index (κ3) is 2.61. The van der Waals surface area contributed by atoms with Crippen LogP contribution in [0.5, 0.6) is 0 Å². The van der Waals surface area contributed by atoms with Crippen molar-refractivity contribution < 1.29 is 4.79 Å². The summed E-state index contributed by atoms with van der Waals surface area (Å²) >= 11 is 0. The number of aromatic nitrogens is 4. The van der Waals surface area contributed by atoms with Crippen molar-refractivity contribution in [1.29, 1.82) is 0 Å². The number of aryl methyl sites for hydroxylation is 1. The van der Waals surface area contributed by atoms with Crippen LogP contribution in [0, 0.1) is 6.92 Å². The Bertz CT molecular complexity index is 590. The smallest absolute Gasteiger partial charge is 0.277 e. The van der Waals surface area contributed by atoms with Crippen LogP contribution in [0.15, 0.2) is 6.07 Å². The molecule has 3 rings (SSSR count). The molecule has 0 saturated heterocycles. The van der Waals surface area contributed by atoms with Crippen LogP contribution in [0.2, 0.25) is 0 Å². The fraction of sp³-hybridized carbons (Fsp3) is 0.364. The number of fused-ring (bicyclic) bond motifs is 1. The van der Waals surface area contributed by atoms with Crippen molar-refractivity contribution in [2.24, 2.45) is 0 Å². The quantitative estimate of drug-likeness (QED) is 0.653. The topological polar surface area (TPSA) is 98.5 Å². The van der Waals surface area contributed by atoms with Crippen LogP contribution >= 0.6 is 12.4 Å². The van der Waals surface area contributed by atoms with Crippen molar-refractivity contribution in [2.45, 2.75) is 19.9 Å². The fourth-order valence-corrected chi connectivity index (χ4v) is 2.07. The van der Waals surface area contributed by atoms with E-state index in [1.165, 1.54) is 0 Å². The second kappa shape index (κ2) is 5.41. The second-order valence-corrected chi connectivity index (χ2v) is 4.35. The summed E-state index contributed by atoms with van der Waals surface area (Å²) in [5.74, 6) is 0.278. The highest BCUT2D eigenvalue weighted by molar-refractivity contribution is 6.03. The summed E-state index contributed by atoms with van der Waals surface area (Å²) in [7, 11) is 0. The summed E-state index contributed by atoms with van der Waals surface area (Å²) in [5, 5.41) is 19.7. The zero-order valence-electron chi connectivity index (χ0n) is 10.4. The maximum atomic E-state index is 12.1. The first kappa shape index (κ1) is 13.6. The first-order valence-corrected chi connectivity index (χ1v) is 5.84. The number of carbonyl (C=O) groups is 1. The second-order valence-electron chi connectivity index (χ2n) is 4.35. The van der Waals surface area contributed by atoms with Gasteiger partial charge >= 0.3 is 0 Å². The monoisotopic (exact) mass is 282 g/mol. The van der Waals surface area contributed by atoms with E-state index in [2.05, 4.69) is 31.0 Å². The molecule has 1 aliphatic heterocycles. The first-order chi connectivity index (χ1) is 8.74. The van der Waals surface area contributed by atoms with Crippen LogP contribution in [0.4, 0.5) is 5.82 Å². The number of anilines is 1. The zero-order chi connectivity index (χ0) is 12.5. The van der Waals surface area contributed by atoms with Crippen molar-refractivity contribution in [3.63, 3.8) is 0 Å². The van der Waals surface area contributed by atoms with Crippen molar-refractivity contribution in [1.82, 2.24) is 25.7 Å². The Hall–Kier alpha value is -1.86. The molecule has 0 aromatic carbocycles. The molecule has 0 fully saturated rings. The van der Waals surface area contributed by atoms with E-state index in [-0.39, 0.29) is 18.3 Å². The standard InChI is InChI=1S/C11H14N6O.ClH/c1-6-4-9(16-14-6)13-11(18)10-7-5-12-3-2-8(7)15-17-10;/h4,12H,2-3,5H2,1H3,(H,15,17)(H2,13,14,16,18);1H. The molecule has 4 N–H and O–H groups in total. The van der Waals surface area contributed by atoms with Gasteiger partial charge < -0.3 is 10.6 Å². The number of halogens is 1. The molecule has 2 aromatic heterocycles. The summed E-state index contributed by atoms with van der Waals surface area (Å²) < 4.78 is 0. The van der Waals surface area contributed by atoms with Gasteiger partial charge in [0.1, 0.15) is 0 Å². The highest BCUT2D eigenvalue weighted by Crippen LogP contribution is 2.16. The minimum Gasteiger partial charge on any atom is -0.312 e. The summed E-state index contributed by atoms with van der Waals surface area (Å²) in [6.45, 7) is 3.46. The number of amides is 1. The number of hydrogen-bond donors (Lipinski definition) is 4. The van der Waals surface area contributed by atoms with Crippen molar-refractivity contribution in [2.75, 3.05) is 11.9 Å². The van der Waals surface area contributed by atoms with E-state index in [1.807, 2.05) is 6.92 Å². The Morgan fingerprint density at radius 3 is 2.95 bits per heavy atom. The van der Waals surface area contributed by atoms with Gasteiger partial charge in [-0.3, -0.25) is 15.0 Å². The number of rotatable bonds is 2. The van der Waals surface area contributed by atoms with Gasteiger partial charge in [0, 0.05) is 42.5 Å².